The van der Waals surface area contributed by atoms with Crippen LogP contribution in [0.4, 0.5) is 17.1 Å². The standard InChI is InChI=1S/C47H37NO/c1-47(2)44-40(17-11-18-42(44)46-45(47)41-16-9-10-19-43(41)49-46)36-24-30-39(31-25-36)48(37-26-20-34(21-27-37)32-12-5-3-6-13-32)38-28-22-35(23-29-38)33-14-7-4-8-15-33/h3-31,45-46H,1-2H3. The summed E-state index contributed by atoms with van der Waals surface area (Å²) in [5.74, 6) is 1.33. The van der Waals surface area contributed by atoms with E-state index in [-0.39, 0.29) is 11.5 Å². The van der Waals surface area contributed by atoms with Gasteiger partial charge in [0.1, 0.15) is 11.9 Å². The van der Waals surface area contributed by atoms with Crippen molar-refractivity contribution in [3.8, 4) is 39.1 Å². The third kappa shape index (κ3) is 4.95. The third-order valence-electron chi connectivity index (χ3n) is 10.5. The molecule has 236 valence electrons. The van der Waals surface area contributed by atoms with E-state index >= 15 is 0 Å². The first-order chi connectivity index (χ1) is 24.1. The molecular formula is C47H37NO. The van der Waals surface area contributed by atoms with Crippen LogP contribution in [0.5, 0.6) is 5.75 Å². The molecule has 2 aliphatic rings. The average molecular weight is 632 g/mol. The Balaban J connectivity index is 1.09. The minimum absolute atomic E-state index is 0.0508. The van der Waals surface area contributed by atoms with Gasteiger partial charge in [0.25, 0.3) is 0 Å². The van der Waals surface area contributed by atoms with Crippen molar-refractivity contribution in [2.24, 2.45) is 0 Å². The van der Waals surface area contributed by atoms with Crippen LogP contribution in [-0.2, 0) is 5.41 Å². The molecule has 2 nitrogen and oxygen atoms in total. The molecule has 2 unspecified atom stereocenters. The predicted molar refractivity (Wildman–Crippen MR) is 203 cm³/mol. The first-order valence-electron chi connectivity index (χ1n) is 17.2. The fraction of sp³-hybridized carbons (Fsp3) is 0.106. The number of hydrogen-bond donors (Lipinski definition) is 0. The van der Waals surface area contributed by atoms with Crippen LogP contribution in [0.3, 0.4) is 0 Å². The van der Waals surface area contributed by atoms with Crippen LogP contribution >= 0.6 is 0 Å². The Kier molecular flexibility index (Phi) is 6.98. The molecular weight excluding hydrogens is 595 g/mol. The molecule has 7 aromatic rings. The van der Waals surface area contributed by atoms with Gasteiger partial charge in [0, 0.05) is 34.0 Å². The van der Waals surface area contributed by atoms with Gasteiger partial charge in [-0.3, -0.25) is 0 Å². The molecule has 0 saturated heterocycles. The highest BCUT2D eigenvalue weighted by Gasteiger charge is 2.53. The lowest BCUT2D eigenvalue weighted by Gasteiger charge is -2.29. The zero-order chi connectivity index (χ0) is 33.0. The highest BCUT2D eigenvalue weighted by Crippen LogP contribution is 2.63. The van der Waals surface area contributed by atoms with Gasteiger partial charge in [-0.15, -0.1) is 0 Å². The number of fused-ring (bicyclic) bond motifs is 5. The Morgan fingerprint density at radius 2 is 0.878 bits per heavy atom. The quantitative estimate of drug-likeness (QED) is 0.181. The topological polar surface area (TPSA) is 12.5 Å². The summed E-state index contributed by atoms with van der Waals surface area (Å²) in [6, 6.07) is 63.3. The molecule has 0 spiro atoms. The Bertz CT molecular complexity index is 2170. The van der Waals surface area contributed by atoms with E-state index in [2.05, 4.69) is 195 Å². The van der Waals surface area contributed by atoms with Crippen LogP contribution in [0.25, 0.3) is 33.4 Å². The number of nitrogens with zero attached hydrogens (tertiary/aromatic N) is 1. The summed E-state index contributed by atoms with van der Waals surface area (Å²) in [5.41, 5.74) is 14.7. The molecule has 0 bridgehead atoms. The van der Waals surface area contributed by atoms with Crippen LogP contribution < -0.4 is 9.64 Å². The summed E-state index contributed by atoms with van der Waals surface area (Å²) < 4.78 is 6.60. The average Bonchev–Trinajstić information content (AvgIpc) is 3.67. The summed E-state index contributed by atoms with van der Waals surface area (Å²) in [5, 5.41) is 0. The van der Waals surface area contributed by atoms with Crippen molar-refractivity contribution in [1.29, 1.82) is 0 Å². The van der Waals surface area contributed by atoms with Gasteiger partial charge in [-0.25, -0.2) is 0 Å². The second kappa shape index (κ2) is 11.7. The maximum atomic E-state index is 6.60. The molecule has 7 aromatic carbocycles. The molecule has 0 amide bonds. The predicted octanol–water partition coefficient (Wildman–Crippen LogP) is 12.7. The number of rotatable bonds is 6. The van der Waals surface area contributed by atoms with Crippen molar-refractivity contribution in [1.82, 2.24) is 0 Å². The fourth-order valence-corrected chi connectivity index (χ4v) is 8.25. The fourth-order valence-electron chi connectivity index (χ4n) is 8.25. The van der Waals surface area contributed by atoms with Gasteiger partial charge in [0.2, 0.25) is 0 Å². The van der Waals surface area contributed by atoms with Crippen molar-refractivity contribution in [3.05, 3.63) is 193 Å². The lowest BCUT2D eigenvalue weighted by atomic mass is 9.73. The van der Waals surface area contributed by atoms with Crippen LogP contribution in [-0.4, -0.2) is 0 Å². The molecule has 2 heteroatoms. The van der Waals surface area contributed by atoms with Gasteiger partial charge < -0.3 is 9.64 Å². The zero-order valence-corrected chi connectivity index (χ0v) is 27.8. The zero-order valence-electron chi connectivity index (χ0n) is 27.8. The molecule has 1 heterocycles. The second-order valence-corrected chi connectivity index (χ2v) is 13.8. The minimum Gasteiger partial charge on any atom is -0.485 e. The van der Waals surface area contributed by atoms with E-state index in [1.807, 2.05) is 0 Å². The highest BCUT2D eigenvalue weighted by atomic mass is 16.5. The van der Waals surface area contributed by atoms with Crippen molar-refractivity contribution >= 4 is 17.1 Å². The van der Waals surface area contributed by atoms with Gasteiger partial charge in [-0.1, -0.05) is 147 Å². The monoisotopic (exact) mass is 631 g/mol. The normalized spacial score (nSPS) is 16.7. The van der Waals surface area contributed by atoms with E-state index in [0.717, 1.165) is 22.8 Å². The maximum absolute atomic E-state index is 6.60. The van der Waals surface area contributed by atoms with Gasteiger partial charge in [-0.2, -0.15) is 0 Å². The van der Waals surface area contributed by atoms with Crippen molar-refractivity contribution < 1.29 is 4.74 Å². The Labute approximate surface area is 288 Å². The van der Waals surface area contributed by atoms with E-state index in [1.54, 1.807) is 0 Å². The van der Waals surface area contributed by atoms with Crippen LogP contribution in [0.2, 0.25) is 0 Å². The van der Waals surface area contributed by atoms with E-state index in [4.69, 9.17) is 4.74 Å². The lowest BCUT2D eigenvalue weighted by molar-refractivity contribution is 0.198. The maximum Gasteiger partial charge on any atom is 0.132 e. The van der Waals surface area contributed by atoms with Crippen LogP contribution in [0, 0.1) is 0 Å². The molecule has 0 fully saturated rings. The molecule has 9 rings (SSSR count). The summed E-state index contributed by atoms with van der Waals surface area (Å²) in [4.78, 5) is 2.35. The van der Waals surface area contributed by atoms with Crippen LogP contribution in [0.15, 0.2) is 176 Å². The van der Waals surface area contributed by atoms with Crippen molar-refractivity contribution in [3.63, 3.8) is 0 Å². The molecule has 0 saturated carbocycles. The van der Waals surface area contributed by atoms with E-state index < -0.39 is 0 Å². The third-order valence-corrected chi connectivity index (χ3v) is 10.5. The summed E-state index contributed by atoms with van der Waals surface area (Å²) in [6.07, 6.45) is 0.0508. The summed E-state index contributed by atoms with van der Waals surface area (Å²) in [7, 11) is 0. The minimum atomic E-state index is -0.0745. The number of para-hydroxylation sites is 1. The molecule has 0 aromatic heterocycles. The highest BCUT2D eigenvalue weighted by molar-refractivity contribution is 5.82. The Morgan fingerprint density at radius 1 is 0.429 bits per heavy atom. The molecule has 1 aliphatic carbocycles. The first-order valence-corrected chi connectivity index (χ1v) is 17.2. The van der Waals surface area contributed by atoms with Gasteiger partial charge in [-0.05, 0) is 87.0 Å². The molecule has 2 atom stereocenters. The number of anilines is 3. The number of benzene rings is 7. The first kappa shape index (κ1) is 29.3. The smallest absolute Gasteiger partial charge is 0.132 e. The second-order valence-electron chi connectivity index (χ2n) is 13.8. The SMILES string of the molecule is CC1(C)c2c(-c3ccc(N(c4ccc(-c5ccccc5)cc4)c4ccc(-c5ccccc5)cc4)cc3)cccc2C2Oc3ccccc3C21. The van der Waals surface area contributed by atoms with Crippen molar-refractivity contribution in [2.75, 3.05) is 4.90 Å². The molecule has 0 N–H and O–H groups in total. The molecule has 1 aliphatic heterocycles. The Hall–Kier alpha value is -5.86. The van der Waals surface area contributed by atoms with Gasteiger partial charge in [0.15, 0.2) is 0 Å². The van der Waals surface area contributed by atoms with E-state index in [0.29, 0.717) is 5.92 Å². The van der Waals surface area contributed by atoms with E-state index in [9.17, 15) is 0 Å². The van der Waals surface area contributed by atoms with Crippen LogP contribution in [0.1, 0.15) is 42.6 Å². The molecule has 49 heavy (non-hydrogen) atoms. The number of ether oxygens (including phenoxy) is 1. The van der Waals surface area contributed by atoms with E-state index in [1.165, 1.54) is 50.1 Å². The number of hydrogen-bond acceptors (Lipinski definition) is 2. The summed E-state index contributed by atoms with van der Waals surface area (Å²) >= 11 is 0. The Morgan fingerprint density at radius 3 is 1.43 bits per heavy atom. The lowest BCUT2D eigenvalue weighted by Crippen LogP contribution is -2.23. The van der Waals surface area contributed by atoms with Gasteiger partial charge >= 0.3 is 0 Å². The molecule has 0 radical (unpaired) electrons. The van der Waals surface area contributed by atoms with Gasteiger partial charge in [0.05, 0.1) is 0 Å². The largest absolute Gasteiger partial charge is 0.485 e. The summed E-state index contributed by atoms with van der Waals surface area (Å²) in [6.45, 7) is 4.78. The van der Waals surface area contributed by atoms with Crippen molar-refractivity contribution in [2.45, 2.75) is 31.3 Å².